The zero-order valence-electron chi connectivity index (χ0n) is 8.36. The van der Waals surface area contributed by atoms with Crippen LogP contribution in [-0.2, 0) is 12.8 Å². The summed E-state index contributed by atoms with van der Waals surface area (Å²) in [5.41, 5.74) is 1.84. The first-order valence-corrected chi connectivity index (χ1v) is 5.51. The van der Waals surface area contributed by atoms with Crippen LogP contribution >= 0.6 is 11.6 Å². The van der Waals surface area contributed by atoms with Gasteiger partial charge in [0.1, 0.15) is 5.52 Å². The molecule has 1 aliphatic carbocycles. The van der Waals surface area contributed by atoms with Crippen LogP contribution in [0.1, 0.15) is 17.7 Å². The Bertz CT molecular complexity index is 595. The fraction of sp³-hybridized carbons (Fsp3) is 0.250. The fourth-order valence-corrected chi connectivity index (χ4v) is 2.57. The molecule has 1 aromatic carbocycles. The van der Waals surface area contributed by atoms with Gasteiger partial charge in [0.15, 0.2) is 11.6 Å². The molecule has 1 heterocycles. The minimum absolute atomic E-state index is 0.0469. The quantitative estimate of drug-likeness (QED) is 0.684. The molecule has 16 heavy (non-hydrogen) atoms. The number of rotatable bonds is 0. The molecule has 3 rings (SSSR count). The van der Waals surface area contributed by atoms with E-state index >= 15 is 0 Å². The van der Waals surface area contributed by atoms with Crippen molar-refractivity contribution in [1.82, 2.24) is 4.98 Å². The molecule has 0 spiro atoms. The van der Waals surface area contributed by atoms with Crippen LogP contribution in [0.25, 0.3) is 10.9 Å². The molecule has 0 bridgehead atoms. The van der Waals surface area contributed by atoms with E-state index in [0.29, 0.717) is 10.4 Å². The minimum atomic E-state index is -0.908. The van der Waals surface area contributed by atoms with E-state index in [1.54, 1.807) is 0 Å². The van der Waals surface area contributed by atoms with Gasteiger partial charge < -0.3 is 0 Å². The smallest absolute Gasteiger partial charge is 0.185 e. The number of pyridine rings is 1. The number of aryl methyl sites for hydroxylation is 1. The van der Waals surface area contributed by atoms with E-state index < -0.39 is 11.6 Å². The Balaban J connectivity index is 2.46. The third kappa shape index (κ3) is 1.24. The summed E-state index contributed by atoms with van der Waals surface area (Å²) in [6, 6.07) is 2.58. The van der Waals surface area contributed by atoms with Gasteiger partial charge in [-0.15, -0.1) is 0 Å². The lowest BCUT2D eigenvalue weighted by Crippen LogP contribution is -1.96. The topological polar surface area (TPSA) is 12.9 Å². The van der Waals surface area contributed by atoms with Crippen molar-refractivity contribution in [3.05, 3.63) is 40.0 Å². The van der Waals surface area contributed by atoms with Gasteiger partial charge in [0.05, 0.1) is 5.02 Å². The van der Waals surface area contributed by atoms with Crippen molar-refractivity contribution in [2.75, 3.05) is 0 Å². The highest BCUT2D eigenvalue weighted by molar-refractivity contribution is 6.36. The van der Waals surface area contributed by atoms with Gasteiger partial charge in [-0.3, -0.25) is 0 Å². The summed E-state index contributed by atoms with van der Waals surface area (Å²) in [5, 5.41) is 1.03. The van der Waals surface area contributed by atoms with E-state index in [1.807, 2.05) is 0 Å². The number of hydrogen-bond donors (Lipinski definition) is 0. The molecule has 0 saturated carbocycles. The van der Waals surface area contributed by atoms with Crippen LogP contribution in [-0.4, -0.2) is 4.98 Å². The predicted octanol–water partition coefficient (Wildman–Crippen LogP) is 3.66. The summed E-state index contributed by atoms with van der Waals surface area (Å²) in [7, 11) is 0. The summed E-state index contributed by atoms with van der Waals surface area (Å²) < 4.78 is 26.6. The van der Waals surface area contributed by atoms with E-state index in [2.05, 4.69) is 4.98 Å². The van der Waals surface area contributed by atoms with Crippen LogP contribution in [0.5, 0.6) is 0 Å². The van der Waals surface area contributed by atoms with Crippen molar-refractivity contribution >= 4 is 22.5 Å². The van der Waals surface area contributed by atoms with E-state index in [-0.39, 0.29) is 5.52 Å². The second-order valence-corrected chi connectivity index (χ2v) is 4.34. The number of aromatic nitrogens is 1. The first-order valence-electron chi connectivity index (χ1n) is 5.13. The van der Waals surface area contributed by atoms with Crippen molar-refractivity contribution in [2.45, 2.75) is 19.3 Å². The van der Waals surface area contributed by atoms with Gasteiger partial charge in [0, 0.05) is 11.1 Å². The minimum Gasteiger partial charge on any atom is -0.249 e. The number of halogens is 3. The van der Waals surface area contributed by atoms with E-state index in [4.69, 9.17) is 11.6 Å². The van der Waals surface area contributed by atoms with Gasteiger partial charge in [-0.25, -0.2) is 13.8 Å². The molecule has 1 nitrogen and oxygen atoms in total. The number of nitrogens with zero attached hydrogens (tertiary/aromatic N) is 1. The van der Waals surface area contributed by atoms with Gasteiger partial charge in [0.25, 0.3) is 0 Å². The monoisotopic (exact) mass is 239 g/mol. The van der Waals surface area contributed by atoms with Gasteiger partial charge >= 0.3 is 0 Å². The summed E-state index contributed by atoms with van der Waals surface area (Å²) in [6.45, 7) is 0. The molecule has 0 saturated heterocycles. The summed E-state index contributed by atoms with van der Waals surface area (Å²) >= 11 is 6.18. The van der Waals surface area contributed by atoms with Crippen LogP contribution < -0.4 is 0 Å². The summed E-state index contributed by atoms with van der Waals surface area (Å²) in [4.78, 5) is 4.18. The van der Waals surface area contributed by atoms with Crippen molar-refractivity contribution in [3.63, 3.8) is 0 Å². The Morgan fingerprint density at radius 2 is 2.00 bits per heavy atom. The first-order chi connectivity index (χ1) is 7.68. The Kier molecular flexibility index (Phi) is 2.11. The molecule has 2 aromatic rings. The van der Waals surface area contributed by atoms with Crippen molar-refractivity contribution < 1.29 is 8.78 Å². The molecular weight excluding hydrogens is 232 g/mol. The Morgan fingerprint density at radius 3 is 2.81 bits per heavy atom. The largest absolute Gasteiger partial charge is 0.249 e. The Morgan fingerprint density at radius 1 is 1.19 bits per heavy atom. The zero-order chi connectivity index (χ0) is 11.3. The molecule has 0 aliphatic heterocycles. The Labute approximate surface area is 96.1 Å². The molecule has 0 radical (unpaired) electrons. The molecule has 0 unspecified atom stereocenters. The van der Waals surface area contributed by atoms with Gasteiger partial charge in [-0.1, -0.05) is 11.6 Å². The van der Waals surface area contributed by atoms with Crippen LogP contribution in [0.4, 0.5) is 8.78 Å². The lowest BCUT2D eigenvalue weighted by molar-refractivity contribution is 0.515. The lowest BCUT2D eigenvalue weighted by atomic mass is 10.1. The van der Waals surface area contributed by atoms with E-state index in [1.165, 1.54) is 6.07 Å². The maximum Gasteiger partial charge on any atom is 0.185 e. The van der Waals surface area contributed by atoms with E-state index in [0.717, 1.165) is 36.6 Å². The fourth-order valence-electron chi connectivity index (χ4n) is 2.21. The first kappa shape index (κ1) is 9.97. The molecule has 1 aliphatic rings. The molecule has 4 heteroatoms. The maximum absolute atomic E-state index is 13.6. The van der Waals surface area contributed by atoms with Gasteiger partial charge in [0.2, 0.25) is 0 Å². The molecule has 1 aromatic heterocycles. The van der Waals surface area contributed by atoms with Crippen LogP contribution in [0.3, 0.4) is 0 Å². The van der Waals surface area contributed by atoms with E-state index in [9.17, 15) is 8.78 Å². The molecule has 0 N–H and O–H groups in total. The van der Waals surface area contributed by atoms with Crippen LogP contribution in [0, 0.1) is 11.6 Å². The number of hydrogen-bond acceptors (Lipinski definition) is 1. The second-order valence-electron chi connectivity index (χ2n) is 3.96. The summed E-state index contributed by atoms with van der Waals surface area (Å²) in [6.07, 6.45) is 2.64. The standard InChI is InChI=1S/C12H8ClF2N/c13-10-6-2-1-3-9(6)16-12-7(10)4-5-8(14)11(12)15/h4-5H,1-3H2. The maximum atomic E-state index is 13.6. The molecule has 0 atom stereocenters. The van der Waals surface area contributed by atoms with Gasteiger partial charge in [-0.2, -0.15) is 0 Å². The zero-order valence-corrected chi connectivity index (χ0v) is 9.11. The van der Waals surface area contributed by atoms with Crippen molar-refractivity contribution in [3.8, 4) is 0 Å². The van der Waals surface area contributed by atoms with Gasteiger partial charge in [-0.05, 0) is 37.0 Å². The molecule has 0 fully saturated rings. The summed E-state index contributed by atoms with van der Waals surface area (Å²) in [5.74, 6) is -1.79. The molecule has 0 amide bonds. The number of fused-ring (bicyclic) bond motifs is 2. The highest BCUT2D eigenvalue weighted by Gasteiger charge is 2.20. The van der Waals surface area contributed by atoms with Crippen LogP contribution in [0.15, 0.2) is 12.1 Å². The SMILES string of the molecule is Fc1ccc2c(Cl)c3c(nc2c1F)CCC3. The number of benzene rings is 1. The third-order valence-electron chi connectivity index (χ3n) is 3.01. The van der Waals surface area contributed by atoms with Crippen molar-refractivity contribution in [2.24, 2.45) is 0 Å². The van der Waals surface area contributed by atoms with Crippen molar-refractivity contribution in [1.29, 1.82) is 0 Å². The lowest BCUT2D eigenvalue weighted by Gasteiger charge is -2.07. The average molecular weight is 240 g/mol. The average Bonchev–Trinajstić information content (AvgIpc) is 2.73. The highest BCUT2D eigenvalue weighted by Crippen LogP contribution is 2.34. The second kappa shape index (κ2) is 3.39. The normalized spacial score (nSPS) is 14.4. The predicted molar refractivity (Wildman–Crippen MR) is 58.7 cm³/mol. The molecular formula is C12H8ClF2N. The Hall–Kier alpha value is -1.22. The third-order valence-corrected chi connectivity index (χ3v) is 3.44. The molecule has 82 valence electrons. The highest BCUT2D eigenvalue weighted by atomic mass is 35.5. The van der Waals surface area contributed by atoms with Crippen LogP contribution in [0.2, 0.25) is 5.02 Å².